The van der Waals surface area contributed by atoms with E-state index in [1.165, 1.54) is 11.1 Å². The van der Waals surface area contributed by atoms with E-state index in [1.807, 2.05) is 6.92 Å². The minimum absolute atomic E-state index is 0.299. The molecule has 0 amide bonds. The first kappa shape index (κ1) is 12.4. The summed E-state index contributed by atoms with van der Waals surface area (Å²) < 4.78 is 11.1. The Balaban J connectivity index is 2.13. The Hall–Kier alpha value is -1.06. The van der Waals surface area contributed by atoms with Crippen LogP contribution in [0.3, 0.4) is 0 Å². The van der Waals surface area contributed by atoms with Crippen LogP contribution in [0.15, 0.2) is 18.2 Å². The second kappa shape index (κ2) is 5.52. The van der Waals surface area contributed by atoms with Crippen molar-refractivity contribution in [1.29, 1.82) is 0 Å². The predicted octanol–water partition coefficient (Wildman–Crippen LogP) is 2.44. The van der Waals surface area contributed by atoms with Crippen LogP contribution in [0.5, 0.6) is 5.75 Å². The highest BCUT2D eigenvalue weighted by molar-refractivity contribution is 5.37. The quantitative estimate of drug-likeness (QED) is 0.873. The van der Waals surface area contributed by atoms with E-state index in [0.717, 1.165) is 19.0 Å². The third-order valence-corrected chi connectivity index (χ3v) is 3.04. The molecular weight excluding hydrogens is 214 g/mol. The van der Waals surface area contributed by atoms with Crippen LogP contribution in [0, 0.1) is 6.92 Å². The van der Waals surface area contributed by atoms with Gasteiger partial charge < -0.3 is 14.8 Å². The van der Waals surface area contributed by atoms with Gasteiger partial charge in [-0.2, -0.15) is 0 Å². The molecule has 1 aliphatic heterocycles. The third kappa shape index (κ3) is 2.99. The summed E-state index contributed by atoms with van der Waals surface area (Å²) in [5.41, 5.74) is 2.46. The molecule has 2 unspecified atom stereocenters. The van der Waals surface area contributed by atoms with Crippen molar-refractivity contribution in [3.8, 4) is 5.75 Å². The zero-order valence-electron chi connectivity index (χ0n) is 10.8. The van der Waals surface area contributed by atoms with Crippen molar-refractivity contribution >= 4 is 0 Å². The lowest BCUT2D eigenvalue weighted by atomic mass is 10.0. The van der Waals surface area contributed by atoms with E-state index in [-0.39, 0.29) is 0 Å². The number of hydrogen-bond donors (Lipinski definition) is 1. The maximum Gasteiger partial charge on any atom is 0.122 e. The molecule has 94 valence electrons. The molecule has 1 aliphatic rings. The van der Waals surface area contributed by atoms with E-state index < -0.39 is 0 Å². The first-order valence-corrected chi connectivity index (χ1v) is 6.28. The lowest BCUT2D eigenvalue weighted by molar-refractivity contribution is 0.0503. The van der Waals surface area contributed by atoms with Crippen LogP contribution in [-0.4, -0.2) is 25.9 Å². The van der Waals surface area contributed by atoms with Gasteiger partial charge in [0, 0.05) is 6.04 Å². The Morgan fingerprint density at radius 2 is 2.24 bits per heavy atom. The maximum absolute atomic E-state index is 5.57. The average Bonchev–Trinajstić information content (AvgIpc) is 2.32. The number of ether oxygens (including phenoxy) is 2. The van der Waals surface area contributed by atoms with Crippen LogP contribution >= 0.6 is 0 Å². The van der Waals surface area contributed by atoms with Crippen molar-refractivity contribution in [3.05, 3.63) is 29.3 Å². The largest absolute Gasteiger partial charge is 0.494 e. The van der Waals surface area contributed by atoms with Crippen molar-refractivity contribution in [1.82, 2.24) is 5.32 Å². The summed E-state index contributed by atoms with van der Waals surface area (Å²) in [4.78, 5) is 0. The molecule has 1 heterocycles. The first-order valence-electron chi connectivity index (χ1n) is 6.28. The Morgan fingerprint density at radius 1 is 1.41 bits per heavy atom. The number of benzene rings is 1. The summed E-state index contributed by atoms with van der Waals surface area (Å²) in [5, 5.41) is 3.55. The summed E-state index contributed by atoms with van der Waals surface area (Å²) in [5.74, 6) is 0.973. The van der Waals surface area contributed by atoms with Gasteiger partial charge in [-0.15, -0.1) is 0 Å². The first-order chi connectivity index (χ1) is 8.20. The number of nitrogens with one attached hydrogen (secondary N) is 1. The van der Waals surface area contributed by atoms with E-state index in [0.29, 0.717) is 18.7 Å². The van der Waals surface area contributed by atoms with E-state index in [9.17, 15) is 0 Å². The monoisotopic (exact) mass is 235 g/mol. The summed E-state index contributed by atoms with van der Waals surface area (Å²) in [6, 6.07) is 7.07. The van der Waals surface area contributed by atoms with Crippen LogP contribution in [0.1, 0.15) is 31.0 Å². The van der Waals surface area contributed by atoms with E-state index in [2.05, 4.69) is 37.4 Å². The average molecular weight is 235 g/mol. The molecule has 17 heavy (non-hydrogen) atoms. The van der Waals surface area contributed by atoms with Gasteiger partial charge in [0.25, 0.3) is 0 Å². The highest BCUT2D eigenvalue weighted by Crippen LogP contribution is 2.24. The minimum Gasteiger partial charge on any atom is -0.494 e. The molecule has 0 aromatic heterocycles. The van der Waals surface area contributed by atoms with Gasteiger partial charge in [0.2, 0.25) is 0 Å². The lowest BCUT2D eigenvalue weighted by Gasteiger charge is -2.29. The molecule has 0 aliphatic carbocycles. The van der Waals surface area contributed by atoms with E-state index in [4.69, 9.17) is 9.47 Å². The van der Waals surface area contributed by atoms with Crippen molar-refractivity contribution in [2.24, 2.45) is 0 Å². The van der Waals surface area contributed by atoms with Gasteiger partial charge >= 0.3 is 0 Å². The Labute approximate surface area is 103 Å². The molecule has 3 heteroatoms. The zero-order valence-corrected chi connectivity index (χ0v) is 10.8. The van der Waals surface area contributed by atoms with E-state index in [1.54, 1.807) is 0 Å². The highest BCUT2D eigenvalue weighted by Gasteiger charge is 2.20. The highest BCUT2D eigenvalue weighted by atomic mass is 16.5. The third-order valence-electron chi connectivity index (χ3n) is 3.04. The number of hydrogen-bond acceptors (Lipinski definition) is 3. The van der Waals surface area contributed by atoms with Gasteiger partial charge in [0.15, 0.2) is 0 Å². The van der Waals surface area contributed by atoms with Crippen LogP contribution < -0.4 is 10.1 Å². The van der Waals surface area contributed by atoms with E-state index >= 15 is 0 Å². The topological polar surface area (TPSA) is 30.5 Å². The molecular formula is C14H21NO2. The van der Waals surface area contributed by atoms with Crippen molar-refractivity contribution < 1.29 is 9.47 Å². The predicted molar refractivity (Wildman–Crippen MR) is 68.5 cm³/mol. The Bertz CT molecular complexity index is 378. The number of aryl methyl sites for hydroxylation is 1. The van der Waals surface area contributed by atoms with Crippen molar-refractivity contribution in [2.75, 3.05) is 19.8 Å². The van der Waals surface area contributed by atoms with Crippen LogP contribution in [-0.2, 0) is 4.74 Å². The van der Waals surface area contributed by atoms with Gasteiger partial charge in [0.1, 0.15) is 5.75 Å². The lowest BCUT2D eigenvalue weighted by Crippen LogP contribution is -2.41. The summed E-state index contributed by atoms with van der Waals surface area (Å²) in [6.07, 6.45) is 0. The molecule has 0 saturated carbocycles. The van der Waals surface area contributed by atoms with Crippen LogP contribution in [0.25, 0.3) is 0 Å². The van der Waals surface area contributed by atoms with Gasteiger partial charge in [0.05, 0.1) is 25.9 Å². The summed E-state index contributed by atoms with van der Waals surface area (Å²) >= 11 is 0. The SMILES string of the molecule is CCOc1ccc(C2COCC(C)N2)cc1C. The standard InChI is InChI=1S/C14H21NO2/c1-4-17-14-6-5-12(7-10(14)2)13-9-16-8-11(3)15-13/h5-7,11,13,15H,4,8-9H2,1-3H3. The van der Waals surface area contributed by atoms with Gasteiger partial charge in [-0.05, 0) is 38.0 Å². The fourth-order valence-corrected chi connectivity index (χ4v) is 2.20. The van der Waals surface area contributed by atoms with Crippen LogP contribution in [0.4, 0.5) is 0 Å². The second-order valence-electron chi connectivity index (χ2n) is 4.62. The molecule has 1 saturated heterocycles. The Kier molecular flexibility index (Phi) is 4.02. The molecule has 1 aromatic rings. The molecule has 3 nitrogen and oxygen atoms in total. The number of morpholine rings is 1. The van der Waals surface area contributed by atoms with Gasteiger partial charge in [-0.25, -0.2) is 0 Å². The molecule has 0 bridgehead atoms. The number of rotatable bonds is 3. The molecule has 0 radical (unpaired) electrons. The zero-order chi connectivity index (χ0) is 12.3. The maximum atomic E-state index is 5.57. The fourth-order valence-electron chi connectivity index (χ4n) is 2.20. The Morgan fingerprint density at radius 3 is 2.88 bits per heavy atom. The molecule has 0 spiro atoms. The van der Waals surface area contributed by atoms with Gasteiger partial charge in [-0.1, -0.05) is 12.1 Å². The van der Waals surface area contributed by atoms with Crippen molar-refractivity contribution in [2.45, 2.75) is 32.9 Å². The molecule has 1 N–H and O–H groups in total. The summed E-state index contributed by atoms with van der Waals surface area (Å²) in [6.45, 7) is 8.49. The minimum atomic E-state index is 0.299. The second-order valence-corrected chi connectivity index (χ2v) is 4.62. The van der Waals surface area contributed by atoms with Gasteiger partial charge in [-0.3, -0.25) is 0 Å². The summed E-state index contributed by atoms with van der Waals surface area (Å²) in [7, 11) is 0. The molecule has 2 atom stereocenters. The molecule has 2 rings (SSSR count). The molecule has 1 fully saturated rings. The van der Waals surface area contributed by atoms with Crippen LogP contribution in [0.2, 0.25) is 0 Å². The fraction of sp³-hybridized carbons (Fsp3) is 0.571. The molecule has 1 aromatic carbocycles. The normalized spacial score (nSPS) is 24.6. The smallest absolute Gasteiger partial charge is 0.122 e. The van der Waals surface area contributed by atoms with Crippen molar-refractivity contribution in [3.63, 3.8) is 0 Å².